The molecule has 5 rings (SSSR count). The summed E-state index contributed by atoms with van der Waals surface area (Å²) in [5.74, 6) is -1.65. The molecule has 10 heteroatoms. The minimum atomic E-state index is -0.943. The Morgan fingerprint density at radius 3 is 2.29 bits per heavy atom. The maximum atomic E-state index is 12.8. The Morgan fingerprint density at radius 2 is 1.54 bits per heavy atom. The van der Waals surface area contributed by atoms with Gasteiger partial charge in [0.05, 0.1) is 11.2 Å². The summed E-state index contributed by atoms with van der Waals surface area (Å²) in [7, 11) is 0. The lowest BCUT2D eigenvalue weighted by Gasteiger charge is -2.13. The lowest BCUT2D eigenvalue weighted by atomic mass is 10.2. The molecule has 2 heterocycles. The molecule has 0 fully saturated rings. The molecular formula is C25H20N6O4. The number of fused-ring (bicyclic) bond motifs is 1. The number of carbonyl (C=O) groups is 2. The Balaban J connectivity index is 1.37. The highest BCUT2D eigenvalue weighted by Crippen LogP contribution is 2.21. The van der Waals surface area contributed by atoms with Crippen LogP contribution in [0.5, 0.6) is 0 Å². The van der Waals surface area contributed by atoms with Crippen molar-refractivity contribution < 1.29 is 14.0 Å². The van der Waals surface area contributed by atoms with E-state index >= 15 is 0 Å². The van der Waals surface area contributed by atoms with Gasteiger partial charge in [-0.05, 0) is 31.2 Å². The van der Waals surface area contributed by atoms with Crippen LogP contribution in [-0.2, 0) is 4.79 Å². The fourth-order valence-electron chi connectivity index (χ4n) is 3.68. The summed E-state index contributed by atoms with van der Waals surface area (Å²) < 4.78 is 7.96. The molecule has 0 bridgehead atoms. The van der Waals surface area contributed by atoms with E-state index in [1.54, 1.807) is 28.9 Å². The van der Waals surface area contributed by atoms with Gasteiger partial charge in [-0.3, -0.25) is 25.0 Å². The van der Waals surface area contributed by atoms with Gasteiger partial charge in [-0.15, -0.1) is 5.10 Å². The number of hydrogen-bond donors (Lipinski definition) is 2. The highest BCUT2D eigenvalue weighted by atomic mass is 16.4. The van der Waals surface area contributed by atoms with E-state index in [0.29, 0.717) is 16.9 Å². The molecule has 2 N–H and O–H groups in total. The number of oxazole rings is 1. The number of hydrogen-bond acceptors (Lipinski definition) is 6. The van der Waals surface area contributed by atoms with Crippen LogP contribution < -0.4 is 16.6 Å². The summed E-state index contributed by atoms with van der Waals surface area (Å²) in [6.07, 6.45) is 0. The van der Waals surface area contributed by atoms with Crippen LogP contribution in [0.2, 0.25) is 0 Å². The van der Waals surface area contributed by atoms with E-state index in [9.17, 15) is 14.4 Å². The van der Waals surface area contributed by atoms with Crippen LogP contribution in [-0.4, -0.2) is 31.1 Å². The normalized spacial score (nSPS) is 11.8. The van der Waals surface area contributed by atoms with Crippen molar-refractivity contribution in [3.63, 3.8) is 0 Å². The number of amides is 2. The zero-order valence-corrected chi connectivity index (χ0v) is 18.6. The molecule has 2 aromatic heterocycles. The second-order valence-corrected chi connectivity index (χ2v) is 7.70. The number of para-hydroxylation sites is 3. The van der Waals surface area contributed by atoms with Gasteiger partial charge in [0, 0.05) is 5.56 Å². The third kappa shape index (κ3) is 4.20. The predicted octanol–water partition coefficient (Wildman–Crippen LogP) is 2.86. The summed E-state index contributed by atoms with van der Waals surface area (Å²) in [6.45, 7) is 1.53. The molecule has 1 unspecified atom stereocenters. The number of hydrazine groups is 1. The molecule has 2 amide bonds. The van der Waals surface area contributed by atoms with Gasteiger partial charge < -0.3 is 4.42 Å². The number of nitrogens with one attached hydrogen (secondary N) is 2. The van der Waals surface area contributed by atoms with Crippen molar-refractivity contribution >= 4 is 22.9 Å². The molecule has 10 nitrogen and oxygen atoms in total. The highest BCUT2D eigenvalue weighted by molar-refractivity contribution is 5.93. The molecule has 0 spiro atoms. The largest absolute Gasteiger partial charge is 0.420 e. The Bertz CT molecular complexity index is 1510. The van der Waals surface area contributed by atoms with E-state index in [-0.39, 0.29) is 5.82 Å². The summed E-state index contributed by atoms with van der Waals surface area (Å²) in [5, 5.41) is 4.36. The van der Waals surface area contributed by atoms with Crippen LogP contribution in [0.3, 0.4) is 0 Å². The van der Waals surface area contributed by atoms with Crippen molar-refractivity contribution in [1.29, 1.82) is 0 Å². The van der Waals surface area contributed by atoms with Crippen molar-refractivity contribution in [2.75, 3.05) is 0 Å². The first kappa shape index (κ1) is 21.8. The Labute approximate surface area is 198 Å². The van der Waals surface area contributed by atoms with Gasteiger partial charge in [0.2, 0.25) is 5.82 Å². The van der Waals surface area contributed by atoms with Gasteiger partial charge in [0.15, 0.2) is 11.4 Å². The van der Waals surface area contributed by atoms with Crippen molar-refractivity contribution in [3.05, 3.63) is 101 Å². The van der Waals surface area contributed by atoms with Gasteiger partial charge >= 0.3 is 11.7 Å². The lowest BCUT2D eigenvalue weighted by molar-refractivity contribution is -0.124. The number of nitrogens with zero attached hydrogens (tertiary/aromatic N) is 4. The summed E-state index contributed by atoms with van der Waals surface area (Å²) in [5.41, 5.74) is 7.00. The Hall–Kier alpha value is -4.99. The third-order valence-corrected chi connectivity index (χ3v) is 5.43. The first-order valence-corrected chi connectivity index (χ1v) is 10.8. The van der Waals surface area contributed by atoms with Gasteiger partial charge in [-0.25, -0.2) is 14.5 Å². The number of aromatic nitrogens is 4. The molecule has 3 aromatic carbocycles. The van der Waals surface area contributed by atoms with Crippen molar-refractivity contribution in [2.45, 2.75) is 13.0 Å². The first-order chi connectivity index (χ1) is 17.0. The maximum Gasteiger partial charge on any atom is 0.420 e. The fourth-order valence-corrected chi connectivity index (χ4v) is 3.68. The predicted molar refractivity (Wildman–Crippen MR) is 128 cm³/mol. The van der Waals surface area contributed by atoms with Crippen LogP contribution >= 0.6 is 0 Å². The van der Waals surface area contributed by atoms with E-state index < -0.39 is 23.6 Å². The number of carbonyl (C=O) groups excluding carboxylic acids is 2. The molecule has 0 radical (unpaired) electrons. The van der Waals surface area contributed by atoms with Crippen LogP contribution in [0.1, 0.15) is 23.6 Å². The molecular weight excluding hydrogens is 448 g/mol. The van der Waals surface area contributed by atoms with Gasteiger partial charge in [0.1, 0.15) is 6.04 Å². The third-order valence-electron chi connectivity index (χ3n) is 5.43. The maximum absolute atomic E-state index is 12.8. The average Bonchev–Trinajstić information content (AvgIpc) is 3.49. The molecule has 0 saturated heterocycles. The topological polar surface area (TPSA) is 124 Å². The summed E-state index contributed by atoms with van der Waals surface area (Å²) >= 11 is 0. The Morgan fingerprint density at radius 1 is 0.886 bits per heavy atom. The minimum Gasteiger partial charge on any atom is -0.408 e. The molecule has 0 saturated carbocycles. The second-order valence-electron chi connectivity index (χ2n) is 7.70. The van der Waals surface area contributed by atoms with Crippen LogP contribution in [0.25, 0.3) is 28.2 Å². The Kier molecular flexibility index (Phi) is 5.68. The van der Waals surface area contributed by atoms with Crippen molar-refractivity contribution in [2.24, 2.45) is 0 Å². The van der Waals surface area contributed by atoms with Crippen molar-refractivity contribution in [3.8, 4) is 17.1 Å². The van der Waals surface area contributed by atoms with E-state index in [2.05, 4.69) is 20.9 Å². The van der Waals surface area contributed by atoms with Crippen LogP contribution in [0, 0.1) is 0 Å². The quantitative estimate of drug-likeness (QED) is 0.382. The van der Waals surface area contributed by atoms with Gasteiger partial charge in [-0.2, -0.15) is 0 Å². The summed E-state index contributed by atoms with van der Waals surface area (Å²) in [4.78, 5) is 42.2. The SMILES string of the molecule is CC(C(=O)NNC(=O)c1nc(-c2ccccc2)n(-c2ccccc2)n1)n1c(=O)oc2ccccc21. The molecule has 5 aromatic rings. The van der Waals surface area contributed by atoms with Gasteiger partial charge in [0.25, 0.3) is 5.91 Å². The fraction of sp³-hybridized carbons (Fsp3) is 0.0800. The van der Waals surface area contributed by atoms with E-state index in [4.69, 9.17) is 4.42 Å². The number of benzene rings is 3. The second kappa shape index (κ2) is 9.10. The zero-order chi connectivity index (χ0) is 24.4. The molecule has 0 aliphatic heterocycles. The van der Waals surface area contributed by atoms with E-state index in [1.165, 1.54) is 11.5 Å². The van der Waals surface area contributed by atoms with Crippen LogP contribution in [0.4, 0.5) is 0 Å². The molecule has 35 heavy (non-hydrogen) atoms. The van der Waals surface area contributed by atoms with Crippen molar-refractivity contribution in [1.82, 2.24) is 30.2 Å². The minimum absolute atomic E-state index is 0.133. The molecule has 1 atom stereocenters. The van der Waals surface area contributed by atoms with Gasteiger partial charge in [-0.1, -0.05) is 60.7 Å². The molecule has 174 valence electrons. The van der Waals surface area contributed by atoms with E-state index in [0.717, 1.165) is 11.3 Å². The number of rotatable bonds is 5. The molecule has 0 aliphatic carbocycles. The first-order valence-electron chi connectivity index (χ1n) is 10.8. The van der Waals surface area contributed by atoms with E-state index in [1.807, 2.05) is 60.7 Å². The summed E-state index contributed by atoms with van der Waals surface area (Å²) in [6, 6.07) is 24.4. The zero-order valence-electron chi connectivity index (χ0n) is 18.6. The standard InChI is InChI=1S/C25H20N6O4/c1-16(30-19-14-8-9-15-20(19)35-25(30)34)23(32)27-28-24(33)21-26-22(17-10-4-2-5-11-17)31(29-21)18-12-6-3-7-13-18/h2-16H,1H3,(H,27,32)(H,28,33). The average molecular weight is 468 g/mol. The smallest absolute Gasteiger partial charge is 0.408 e. The van der Waals surface area contributed by atoms with Crippen LogP contribution in [0.15, 0.2) is 94.1 Å². The highest BCUT2D eigenvalue weighted by Gasteiger charge is 2.23. The molecule has 0 aliphatic rings. The lowest BCUT2D eigenvalue weighted by Crippen LogP contribution is -2.45. The monoisotopic (exact) mass is 468 g/mol.